The van der Waals surface area contributed by atoms with Gasteiger partial charge in [0.2, 0.25) is 11.9 Å². The monoisotopic (exact) mass is 413 g/mol. The van der Waals surface area contributed by atoms with Gasteiger partial charge in [-0.3, -0.25) is 23.6 Å². The highest BCUT2D eigenvalue weighted by Gasteiger charge is 2.28. The van der Waals surface area contributed by atoms with E-state index in [9.17, 15) is 14.4 Å². The van der Waals surface area contributed by atoms with Gasteiger partial charge in [0, 0.05) is 21.1 Å². The lowest BCUT2D eigenvalue weighted by atomic mass is 10.2. The minimum atomic E-state index is -0.454. The molecule has 3 aromatic rings. The standard InChI is InChI=1S/C18H19N7O3S/c1-22-13-14(23(2)18(28)24(3)15(13)27)19-16(22)20-21-17-25(12(26)10-29-17)9-11-7-5-4-6-8-11/h4-8H,9-10H2,1-3H3,(H,19,20)/b21-17-. The fourth-order valence-corrected chi connectivity index (χ4v) is 3.96. The van der Waals surface area contributed by atoms with Crippen LogP contribution in [0.2, 0.25) is 0 Å². The number of nitrogens with zero attached hydrogens (tertiary/aromatic N) is 6. The Bertz CT molecular complexity index is 1260. The van der Waals surface area contributed by atoms with Crippen molar-refractivity contribution in [1.29, 1.82) is 0 Å². The topological polar surface area (TPSA) is 107 Å². The Kier molecular flexibility index (Phi) is 4.74. The van der Waals surface area contributed by atoms with Crippen LogP contribution in [0.15, 0.2) is 45.0 Å². The first kappa shape index (κ1) is 19.0. The van der Waals surface area contributed by atoms with E-state index in [1.165, 1.54) is 23.4 Å². The molecule has 4 rings (SSSR count). The van der Waals surface area contributed by atoms with E-state index in [1.807, 2.05) is 30.3 Å². The van der Waals surface area contributed by atoms with Crippen LogP contribution in [0.1, 0.15) is 5.56 Å². The van der Waals surface area contributed by atoms with E-state index >= 15 is 0 Å². The predicted molar refractivity (Wildman–Crippen MR) is 112 cm³/mol. The van der Waals surface area contributed by atoms with Gasteiger partial charge in [0.15, 0.2) is 16.3 Å². The lowest BCUT2D eigenvalue weighted by Crippen LogP contribution is -2.37. The number of thioether (sulfide) groups is 1. The van der Waals surface area contributed by atoms with Gasteiger partial charge in [0.05, 0.1) is 12.3 Å². The second-order valence-electron chi connectivity index (χ2n) is 6.63. The molecular formula is C18H19N7O3S. The fraction of sp³-hybridized carbons (Fsp3) is 0.278. The van der Waals surface area contributed by atoms with Gasteiger partial charge in [-0.15, -0.1) is 5.10 Å². The van der Waals surface area contributed by atoms with Crippen molar-refractivity contribution in [2.24, 2.45) is 26.2 Å². The van der Waals surface area contributed by atoms with Crippen LogP contribution in [-0.2, 0) is 32.5 Å². The minimum Gasteiger partial charge on any atom is -0.306 e. The van der Waals surface area contributed by atoms with Crippen LogP contribution >= 0.6 is 11.8 Å². The maximum Gasteiger partial charge on any atom is 0.332 e. The van der Waals surface area contributed by atoms with Crippen LogP contribution in [0.3, 0.4) is 0 Å². The van der Waals surface area contributed by atoms with Crippen molar-refractivity contribution in [2.45, 2.75) is 6.54 Å². The van der Waals surface area contributed by atoms with Crippen molar-refractivity contribution in [3.05, 3.63) is 56.7 Å². The number of amidine groups is 1. The highest BCUT2D eigenvalue weighted by Crippen LogP contribution is 2.22. The molecule has 0 saturated carbocycles. The summed E-state index contributed by atoms with van der Waals surface area (Å²) in [7, 11) is 4.64. The van der Waals surface area contributed by atoms with Crippen LogP contribution in [0.4, 0.5) is 5.95 Å². The predicted octanol–water partition coefficient (Wildman–Crippen LogP) is 0.429. The van der Waals surface area contributed by atoms with Gasteiger partial charge in [-0.25, -0.2) is 10.2 Å². The summed E-state index contributed by atoms with van der Waals surface area (Å²) in [5.74, 6) is 0.580. The molecule has 11 heteroatoms. The molecule has 0 bridgehead atoms. The van der Waals surface area contributed by atoms with E-state index in [1.54, 1.807) is 23.6 Å². The summed E-state index contributed by atoms with van der Waals surface area (Å²) in [4.78, 5) is 42.8. The molecule has 1 aromatic carbocycles. The van der Waals surface area contributed by atoms with Gasteiger partial charge in [0.1, 0.15) is 0 Å². The third kappa shape index (κ3) is 3.23. The Balaban J connectivity index is 1.67. The van der Waals surface area contributed by atoms with Crippen LogP contribution in [-0.4, -0.2) is 40.4 Å². The molecule has 2 aromatic heterocycles. The molecule has 1 fully saturated rings. The van der Waals surface area contributed by atoms with Gasteiger partial charge in [-0.05, 0) is 5.56 Å². The number of hydrogen-bond acceptors (Lipinski definition) is 7. The molecule has 0 aliphatic carbocycles. The third-order valence-corrected chi connectivity index (χ3v) is 5.73. The number of benzene rings is 1. The second kappa shape index (κ2) is 7.24. The maximum absolute atomic E-state index is 12.5. The fourth-order valence-electron chi connectivity index (χ4n) is 3.12. The average Bonchev–Trinajstić information content (AvgIpc) is 3.24. The first-order chi connectivity index (χ1) is 13.9. The largest absolute Gasteiger partial charge is 0.332 e. The molecular weight excluding hydrogens is 394 g/mol. The third-order valence-electron chi connectivity index (χ3n) is 4.77. The number of hydrazone groups is 1. The Morgan fingerprint density at radius 3 is 2.52 bits per heavy atom. The summed E-state index contributed by atoms with van der Waals surface area (Å²) < 4.78 is 3.89. The minimum absolute atomic E-state index is 0.0272. The molecule has 150 valence electrons. The lowest BCUT2D eigenvalue weighted by Gasteiger charge is -2.15. The molecule has 1 amide bonds. The first-order valence-electron chi connectivity index (χ1n) is 8.81. The average molecular weight is 413 g/mol. The SMILES string of the molecule is Cn1c(=O)c2c(nc(N/N=C3\SCC(=O)N3Cc3ccccc3)n2C)n(C)c1=O. The highest BCUT2D eigenvalue weighted by molar-refractivity contribution is 8.15. The van der Waals surface area contributed by atoms with Crippen LogP contribution < -0.4 is 16.7 Å². The number of carbonyl (C=O) groups is 1. The molecule has 29 heavy (non-hydrogen) atoms. The molecule has 1 aliphatic heterocycles. The summed E-state index contributed by atoms with van der Waals surface area (Å²) >= 11 is 1.33. The number of anilines is 1. The lowest BCUT2D eigenvalue weighted by molar-refractivity contribution is -0.124. The zero-order valence-corrected chi connectivity index (χ0v) is 16.9. The molecule has 0 unspecified atom stereocenters. The molecule has 0 atom stereocenters. The Morgan fingerprint density at radius 1 is 1.07 bits per heavy atom. The smallest absolute Gasteiger partial charge is 0.306 e. The zero-order chi connectivity index (χ0) is 20.7. The van der Waals surface area contributed by atoms with Crippen molar-refractivity contribution in [1.82, 2.24) is 23.6 Å². The first-order valence-corrected chi connectivity index (χ1v) is 9.80. The summed E-state index contributed by atoms with van der Waals surface area (Å²) in [5.41, 5.74) is 3.49. The van der Waals surface area contributed by atoms with Crippen molar-refractivity contribution < 1.29 is 4.79 Å². The number of carbonyl (C=O) groups excluding carboxylic acids is 1. The van der Waals surface area contributed by atoms with Crippen molar-refractivity contribution >= 4 is 39.9 Å². The van der Waals surface area contributed by atoms with Gasteiger partial charge in [0.25, 0.3) is 5.56 Å². The van der Waals surface area contributed by atoms with Crippen molar-refractivity contribution in [3.8, 4) is 0 Å². The van der Waals surface area contributed by atoms with E-state index in [4.69, 9.17) is 0 Å². The number of aromatic nitrogens is 4. The van der Waals surface area contributed by atoms with E-state index in [2.05, 4.69) is 15.5 Å². The quantitative estimate of drug-likeness (QED) is 0.622. The van der Waals surface area contributed by atoms with E-state index < -0.39 is 11.2 Å². The van der Waals surface area contributed by atoms with Gasteiger partial charge >= 0.3 is 5.69 Å². The molecule has 1 aliphatic rings. The number of nitrogens with one attached hydrogen (secondary N) is 1. The highest BCUT2D eigenvalue weighted by atomic mass is 32.2. The van der Waals surface area contributed by atoms with Crippen LogP contribution in [0.25, 0.3) is 11.2 Å². The zero-order valence-electron chi connectivity index (χ0n) is 16.1. The van der Waals surface area contributed by atoms with E-state index in [0.717, 1.165) is 10.1 Å². The number of rotatable bonds is 4. The summed E-state index contributed by atoms with van der Waals surface area (Å²) in [6, 6.07) is 9.65. The van der Waals surface area contributed by atoms with E-state index in [0.29, 0.717) is 23.4 Å². The molecule has 3 heterocycles. The number of aryl methyl sites for hydroxylation is 2. The normalized spacial score (nSPS) is 15.6. The number of imidazole rings is 1. The molecule has 10 nitrogen and oxygen atoms in total. The summed E-state index contributed by atoms with van der Waals surface area (Å²) in [6.45, 7) is 0.421. The van der Waals surface area contributed by atoms with Gasteiger partial charge in [-0.1, -0.05) is 42.1 Å². The number of hydrogen-bond donors (Lipinski definition) is 1. The molecule has 1 saturated heterocycles. The Morgan fingerprint density at radius 2 is 1.79 bits per heavy atom. The van der Waals surface area contributed by atoms with Crippen molar-refractivity contribution in [3.63, 3.8) is 0 Å². The van der Waals surface area contributed by atoms with Gasteiger partial charge in [-0.2, -0.15) is 4.98 Å². The summed E-state index contributed by atoms with van der Waals surface area (Å²) in [6.07, 6.45) is 0. The molecule has 0 spiro atoms. The Labute approximate surface area is 169 Å². The van der Waals surface area contributed by atoms with Crippen LogP contribution in [0, 0.1) is 0 Å². The second-order valence-corrected chi connectivity index (χ2v) is 7.58. The maximum atomic E-state index is 12.5. The molecule has 0 radical (unpaired) electrons. The number of amides is 1. The van der Waals surface area contributed by atoms with E-state index in [-0.39, 0.29) is 17.1 Å². The van der Waals surface area contributed by atoms with Gasteiger partial charge < -0.3 is 4.57 Å². The number of fused-ring (bicyclic) bond motifs is 1. The van der Waals surface area contributed by atoms with Crippen LogP contribution in [0.5, 0.6) is 0 Å². The Hall–Kier alpha value is -3.34. The summed E-state index contributed by atoms with van der Waals surface area (Å²) in [5, 5.41) is 4.86. The van der Waals surface area contributed by atoms with Crippen molar-refractivity contribution in [2.75, 3.05) is 11.2 Å². The molecule has 1 N–H and O–H groups in total.